The summed E-state index contributed by atoms with van der Waals surface area (Å²) >= 11 is 0. The molecule has 18 heavy (non-hydrogen) atoms. The number of hydrogen-bond acceptors (Lipinski definition) is 2. The lowest BCUT2D eigenvalue weighted by atomic mass is 10.1. The van der Waals surface area contributed by atoms with Crippen LogP contribution in [0.5, 0.6) is 0 Å². The van der Waals surface area contributed by atoms with Crippen molar-refractivity contribution in [2.24, 2.45) is 0 Å². The minimum atomic E-state index is -0.130. The van der Waals surface area contributed by atoms with Gasteiger partial charge in [0, 0.05) is 12.2 Å². The molecule has 4 heteroatoms. The first-order chi connectivity index (χ1) is 8.63. The largest absolute Gasteiger partial charge is 0.338 e. The predicted octanol–water partition coefficient (Wildman–Crippen LogP) is 2.32. The molecule has 1 aromatic rings. The van der Waals surface area contributed by atoms with Crippen LogP contribution in [-0.4, -0.2) is 38.1 Å². The highest BCUT2D eigenvalue weighted by Crippen LogP contribution is 2.14. The Kier molecular flexibility index (Phi) is 6.22. The Labute approximate surface area is 109 Å². The van der Waals surface area contributed by atoms with E-state index in [1.807, 2.05) is 38.4 Å². The number of nitrogens with zero attached hydrogens (tertiary/aromatic N) is 1. The number of para-hydroxylation sites is 1. The summed E-state index contributed by atoms with van der Waals surface area (Å²) in [6.07, 6.45) is 1.87. The first-order valence-electron chi connectivity index (χ1n) is 6.41. The highest BCUT2D eigenvalue weighted by Gasteiger charge is 2.04. The maximum absolute atomic E-state index is 11.7. The summed E-state index contributed by atoms with van der Waals surface area (Å²) in [6, 6.07) is 7.74. The van der Waals surface area contributed by atoms with E-state index in [2.05, 4.69) is 22.5 Å². The first-order valence-corrected chi connectivity index (χ1v) is 6.41. The Morgan fingerprint density at radius 3 is 2.67 bits per heavy atom. The van der Waals surface area contributed by atoms with E-state index in [1.165, 1.54) is 0 Å². The third kappa shape index (κ3) is 5.19. The molecule has 100 valence electrons. The van der Waals surface area contributed by atoms with E-state index >= 15 is 0 Å². The summed E-state index contributed by atoms with van der Waals surface area (Å²) in [4.78, 5) is 13.8. The van der Waals surface area contributed by atoms with Crippen molar-refractivity contribution < 1.29 is 4.79 Å². The molecular formula is C14H23N3O. The normalized spacial score (nSPS) is 10.4. The van der Waals surface area contributed by atoms with E-state index in [-0.39, 0.29) is 6.03 Å². The van der Waals surface area contributed by atoms with Crippen molar-refractivity contribution in [3.63, 3.8) is 0 Å². The minimum absolute atomic E-state index is 0.130. The van der Waals surface area contributed by atoms with Crippen LogP contribution in [0.2, 0.25) is 0 Å². The fraction of sp³-hybridized carbons (Fsp3) is 0.500. The fourth-order valence-electron chi connectivity index (χ4n) is 1.71. The van der Waals surface area contributed by atoms with Gasteiger partial charge in [0.25, 0.3) is 0 Å². The van der Waals surface area contributed by atoms with Gasteiger partial charge in [-0.25, -0.2) is 4.79 Å². The van der Waals surface area contributed by atoms with E-state index in [0.29, 0.717) is 6.54 Å². The van der Waals surface area contributed by atoms with Crippen LogP contribution in [0.1, 0.15) is 18.9 Å². The van der Waals surface area contributed by atoms with Gasteiger partial charge in [-0.05, 0) is 45.1 Å². The van der Waals surface area contributed by atoms with Crippen LogP contribution in [-0.2, 0) is 6.42 Å². The molecule has 0 fully saturated rings. The third-order valence-electron chi connectivity index (χ3n) is 2.71. The predicted molar refractivity (Wildman–Crippen MR) is 76.0 cm³/mol. The van der Waals surface area contributed by atoms with Gasteiger partial charge in [-0.1, -0.05) is 25.1 Å². The molecule has 2 N–H and O–H groups in total. The average molecular weight is 249 g/mol. The van der Waals surface area contributed by atoms with Crippen molar-refractivity contribution in [1.29, 1.82) is 0 Å². The lowest BCUT2D eigenvalue weighted by molar-refractivity contribution is 0.251. The van der Waals surface area contributed by atoms with E-state index in [9.17, 15) is 4.79 Å². The summed E-state index contributed by atoms with van der Waals surface area (Å²) in [5.74, 6) is 0. The van der Waals surface area contributed by atoms with Gasteiger partial charge >= 0.3 is 6.03 Å². The van der Waals surface area contributed by atoms with E-state index in [1.54, 1.807) is 0 Å². The maximum Gasteiger partial charge on any atom is 0.319 e. The summed E-state index contributed by atoms with van der Waals surface area (Å²) in [7, 11) is 4.05. The molecule has 0 spiro atoms. The summed E-state index contributed by atoms with van der Waals surface area (Å²) in [5.41, 5.74) is 2.05. The van der Waals surface area contributed by atoms with E-state index in [0.717, 1.165) is 30.6 Å². The number of hydrogen-bond donors (Lipinski definition) is 2. The van der Waals surface area contributed by atoms with Crippen LogP contribution < -0.4 is 10.6 Å². The van der Waals surface area contributed by atoms with Gasteiger partial charge in [-0.3, -0.25) is 0 Å². The molecule has 4 nitrogen and oxygen atoms in total. The van der Waals surface area contributed by atoms with Gasteiger partial charge in [-0.15, -0.1) is 0 Å². The molecule has 1 rings (SSSR count). The van der Waals surface area contributed by atoms with Crippen molar-refractivity contribution >= 4 is 11.7 Å². The van der Waals surface area contributed by atoms with Crippen LogP contribution in [0.4, 0.5) is 10.5 Å². The molecule has 0 heterocycles. The zero-order chi connectivity index (χ0) is 13.4. The number of nitrogens with one attached hydrogen (secondary N) is 2. The Bertz CT molecular complexity index is 377. The smallest absolute Gasteiger partial charge is 0.319 e. The molecule has 1 aromatic carbocycles. The molecule has 2 amide bonds. The molecule has 0 unspecified atom stereocenters. The monoisotopic (exact) mass is 249 g/mol. The Morgan fingerprint density at radius 1 is 1.28 bits per heavy atom. The van der Waals surface area contributed by atoms with E-state index < -0.39 is 0 Å². The quantitative estimate of drug-likeness (QED) is 0.760. The molecule has 0 aliphatic rings. The van der Waals surface area contributed by atoms with Crippen molar-refractivity contribution in [3.05, 3.63) is 29.8 Å². The number of rotatable bonds is 6. The molecule has 0 aliphatic carbocycles. The second-order valence-electron chi connectivity index (χ2n) is 4.55. The van der Waals surface area contributed by atoms with Crippen LogP contribution in [0, 0.1) is 0 Å². The number of benzene rings is 1. The number of aryl methyl sites for hydroxylation is 1. The maximum atomic E-state index is 11.7. The van der Waals surface area contributed by atoms with Gasteiger partial charge in [0.1, 0.15) is 0 Å². The molecular weight excluding hydrogens is 226 g/mol. The van der Waals surface area contributed by atoms with Gasteiger partial charge in [0.15, 0.2) is 0 Å². The molecule has 0 atom stereocenters. The second kappa shape index (κ2) is 7.71. The van der Waals surface area contributed by atoms with Crippen molar-refractivity contribution in [1.82, 2.24) is 10.2 Å². The standard InChI is InChI=1S/C14H23N3O/c1-4-12-8-5-6-9-13(12)16-14(18)15-10-7-11-17(2)3/h5-6,8-9H,4,7,10-11H2,1-3H3,(H2,15,16,18). The number of carbonyl (C=O) groups excluding carboxylic acids is 1. The molecule has 0 radical (unpaired) electrons. The van der Waals surface area contributed by atoms with Gasteiger partial charge in [0.2, 0.25) is 0 Å². The average Bonchev–Trinajstić information content (AvgIpc) is 2.35. The Balaban J connectivity index is 2.35. The molecule has 0 saturated heterocycles. The van der Waals surface area contributed by atoms with Gasteiger partial charge < -0.3 is 15.5 Å². The number of anilines is 1. The Hall–Kier alpha value is -1.55. The first kappa shape index (κ1) is 14.5. The topological polar surface area (TPSA) is 44.4 Å². The van der Waals surface area contributed by atoms with E-state index in [4.69, 9.17) is 0 Å². The van der Waals surface area contributed by atoms with Crippen LogP contribution in [0.3, 0.4) is 0 Å². The second-order valence-corrected chi connectivity index (χ2v) is 4.55. The Morgan fingerprint density at radius 2 is 2.00 bits per heavy atom. The zero-order valence-corrected chi connectivity index (χ0v) is 11.5. The van der Waals surface area contributed by atoms with Gasteiger partial charge in [0.05, 0.1) is 0 Å². The number of amides is 2. The molecule has 0 aliphatic heterocycles. The zero-order valence-electron chi connectivity index (χ0n) is 11.5. The highest BCUT2D eigenvalue weighted by atomic mass is 16.2. The summed E-state index contributed by atoms with van der Waals surface area (Å²) < 4.78 is 0. The van der Waals surface area contributed by atoms with Gasteiger partial charge in [-0.2, -0.15) is 0 Å². The van der Waals surface area contributed by atoms with Crippen LogP contribution >= 0.6 is 0 Å². The summed E-state index contributed by atoms with van der Waals surface area (Å²) in [5, 5.41) is 5.75. The highest BCUT2D eigenvalue weighted by molar-refractivity contribution is 5.90. The summed E-state index contributed by atoms with van der Waals surface area (Å²) in [6.45, 7) is 3.75. The number of urea groups is 1. The van der Waals surface area contributed by atoms with Crippen LogP contribution in [0.25, 0.3) is 0 Å². The molecule has 0 saturated carbocycles. The van der Waals surface area contributed by atoms with Crippen molar-refractivity contribution in [3.8, 4) is 0 Å². The number of carbonyl (C=O) groups is 1. The molecule has 0 bridgehead atoms. The lowest BCUT2D eigenvalue weighted by Gasteiger charge is -2.12. The van der Waals surface area contributed by atoms with Crippen molar-refractivity contribution in [2.75, 3.05) is 32.5 Å². The fourth-order valence-corrected chi connectivity index (χ4v) is 1.71. The van der Waals surface area contributed by atoms with Crippen molar-refractivity contribution in [2.45, 2.75) is 19.8 Å². The molecule has 0 aromatic heterocycles. The van der Waals surface area contributed by atoms with Crippen LogP contribution in [0.15, 0.2) is 24.3 Å². The lowest BCUT2D eigenvalue weighted by Crippen LogP contribution is -2.31. The SMILES string of the molecule is CCc1ccccc1NC(=O)NCCCN(C)C. The minimum Gasteiger partial charge on any atom is -0.338 e. The third-order valence-corrected chi connectivity index (χ3v) is 2.71.